The van der Waals surface area contributed by atoms with Crippen LogP contribution >= 0.6 is 7.60 Å². The maximum absolute atomic E-state index is 11.6. The van der Waals surface area contributed by atoms with Crippen LogP contribution in [0, 0.1) is 5.92 Å². The highest BCUT2D eigenvalue weighted by Gasteiger charge is 2.23. The van der Waals surface area contributed by atoms with Crippen LogP contribution in [-0.2, 0) is 9.09 Å². The Labute approximate surface area is 93.8 Å². The Kier molecular flexibility index (Phi) is 8.40. The SMILES string of the molecule is CCCCC(CC)CP(=O)(O)OCCC. The summed E-state index contributed by atoms with van der Waals surface area (Å²) in [6.45, 7) is 6.53. The summed E-state index contributed by atoms with van der Waals surface area (Å²) in [6.07, 6.45) is 5.38. The number of unbranched alkanes of at least 4 members (excludes halogenated alkanes) is 1. The summed E-state index contributed by atoms with van der Waals surface area (Å²) in [4.78, 5) is 9.58. The summed E-state index contributed by atoms with van der Waals surface area (Å²) in [5.41, 5.74) is 0. The van der Waals surface area contributed by atoms with Crippen LogP contribution in [0.4, 0.5) is 0 Å². The van der Waals surface area contributed by atoms with Crippen molar-refractivity contribution in [3.8, 4) is 0 Å². The van der Waals surface area contributed by atoms with E-state index in [-0.39, 0.29) is 0 Å². The Morgan fingerprint density at radius 1 is 1.27 bits per heavy atom. The molecule has 0 aliphatic rings. The van der Waals surface area contributed by atoms with E-state index in [1.807, 2.05) is 6.92 Å². The van der Waals surface area contributed by atoms with Gasteiger partial charge in [0.25, 0.3) is 0 Å². The zero-order valence-electron chi connectivity index (χ0n) is 10.2. The van der Waals surface area contributed by atoms with Crippen LogP contribution in [0.2, 0.25) is 0 Å². The molecule has 0 spiro atoms. The molecule has 0 aromatic heterocycles. The van der Waals surface area contributed by atoms with E-state index in [2.05, 4.69) is 13.8 Å². The van der Waals surface area contributed by atoms with Crippen molar-refractivity contribution in [1.82, 2.24) is 0 Å². The normalized spacial score (nSPS) is 17.3. The fourth-order valence-corrected chi connectivity index (χ4v) is 3.20. The summed E-state index contributed by atoms with van der Waals surface area (Å²) in [5.74, 6) is 0.331. The Morgan fingerprint density at radius 3 is 2.40 bits per heavy atom. The average molecular weight is 236 g/mol. The summed E-state index contributed by atoms with van der Waals surface area (Å²) in [7, 11) is -3.32. The molecule has 15 heavy (non-hydrogen) atoms. The van der Waals surface area contributed by atoms with Crippen LogP contribution in [0.1, 0.15) is 52.9 Å². The Morgan fingerprint density at radius 2 is 1.93 bits per heavy atom. The third kappa shape index (κ3) is 8.01. The molecule has 2 unspecified atom stereocenters. The van der Waals surface area contributed by atoms with Gasteiger partial charge in [-0.25, -0.2) is 0 Å². The van der Waals surface area contributed by atoms with Gasteiger partial charge in [0.1, 0.15) is 0 Å². The number of rotatable bonds is 9. The molecule has 4 heteroatoms. The minimum atomic E-state index is -3.32. The molecule has 0 aliphatic carbocycles. The molecule has 0 bridgehead atoms. The molecule has 0 rings (SSSR count). The fraction of sp³-hybridized carbons (Fsp3) is 1.00. The zero-order chi connectivity index (χ0) is 11.7. The van der Waals surface area contributed by atoms with Gasteiger partial charge < -0.3 is 9.42 Å². The fourth-order valence-electron chi connectivity index (χ4n) is 1.53. The second kappa shape index (κ2) is 8.32. The van der Waals surface area contributed by atoms with Crippen molar-refractivity contribution in [2.24, 2.45) is 5.92 Å². The van der Waals surface area contributed by atoms with Gasteiger partial charge in [0.15, 0.2) is 0 Å². The van der Waals surface area contributed by atoms with Crippen molar-refractivity contribution in [2.75, 3.05) is 12.8 Å². The van der Waals surface area contributed by atoms with Crippen LogP contribution in [0.15, 0.2) is 0 Å². The average Bonchev–Trinajstić information content (AvgIpc) is 2.21. The lowest BCUT2D eigenvalue weighted by atomic mass is 10.0. The highest BCUT2D eigenvalue weighted by atomic mass is 31.2. The van der Waals surface area contributed by atoms with Gasteiger partial charge in [-0.3, -0.25) is 4.57 Å². The van der Waals surface area contributed by atoms with Gasteiger partial charge in [-0.15, -0.1) is 0 Å². The van der Waals surface area contributed by atoms with E-state index in [1.54, 1.807) is 0 Å². The predicted molar refractivity (Wildman–Crippen MR) is 64.2 cm³/mol. The van der Waals surface area contributed by atoms with Crippen molar-refractivity contribution in [3.05, 3.63) is 0 Å². The molecular formula is C11H25O3P. The largest absolute Gasteiger partial charge is 0.328 e. The molecular weight excluding hydrogens is 211 g/mol. The van der Waals surface area contributed by atoms with E-state index in [0.717, 1.165) is 32.1 Å². The molecule has 0 amide bonds. The summed E-state index contributed by atoms with van der Waals surface area (Å²) in [6, 6.07) is 0. The lowest BCUT2D eigenvalue weighted by molar-refractivity contribution is 0.253. The maximum atomic E-state index is 11.6. The molecule has 0 heterocycles. The first kappa shape index (κ1) is 15.2. The molecule has 2 atom stereocenters. The maximum Gasteiger partial charge on any atom is 0.328 e. The van der Waals surface area contributed by atoms with Crippen molar-refractivity contribution in [1.29, 1.82) is 0 Å². The van der Waals surface area contributed by atoms with Gasteiger partial charge in [-0.2, -0.15) is 0 Å². The van der Waals surface area contributed by atoms with Gasteiger partial charge in [0, 0.05) is 0 Å². The van der Waals surface area contributed by atoms with Gasteiger partial charge in [-0.05, 0) is 18.8 Å². The molecule has 0 radical (unpaired) electrons. The lowest BCUT2D eigenvalue weighted by Gasteiger charge is -2.18. The summed E-state index contributed by atoms with van der Waals surface area (Å²) in [5, 5.41) is 0. The molecule has 0 fully saturated rings. The second-order valence-electron chi connectivity index (χ2n) is 4.07. The van der Waals surface area contributed by atoms with E-state index in [4.69, 9.17) is 4.52 Å². The quantitative estimate of drug-likeness (QED) is 0.619. The Hall–Kier alpha value is 0.150. The molecule has 92 valence electrons. The van der Waals surface area contributed by atoms with Crippen LogP contribution in [-0.4, -0.2) is 17.7 Å². The first-order valence-corrected chi connectivity index (χ1v) is 7.78. The van der Waals surface area contributed by atoms with Crippen molar-refractivity contribution in [2.45, 2.75) is 52.9 Å². The Balaban J connectivity index is 3.97. The van der Waals surface area contributed by atoms with Gasteiger partial charge in [0.2, 0.25) is 0 Å². The zero-order valence-corrected chi connectivity index (χ0v) is 11.1. The number of hydrogen-bond acceptors (Lipinski definition) is 2. The second-order valence-corrected chi connectivity index (χ2v) is 5.97. The van der Waals surface area contributed by atoms with Crippen LogP contribution in [0.5, 0.6) is 0 Å². The van der Waals surface area contributed by atoms with Gasteiger partial charge in [-0.1, -0.05) is 40.0 Å². The standard InChI is InChI=1S/C11H25O3P/c1-4-7-8-11(6-3)10-15(12,13)14-9-5-2/h11H,4-10H2,1-3H3,(H,12,13). The summed E-state index contributed by atoms with van der Waals surface area (Å²) >= 11 is 0. The highest BCUT2D eigenvalue weighted by molar-refractivity contribution is 7.52. The van der Waals surface area contributed by atoms with Gasteiger partial charge >= 0.3 is 7.60 Å². The Bertz CT molecular complexity index is 194. The molecule has 0 saturated carbocycles. The van der Waals surface area contributed by atoms with Crippen molar-refractivity contribution >= 4 is 7.60 Å². The third-order valence-electron chi connectivity index (χ3n) is 2.53. The third-order valence-corrected chi connectivity index (χ3v) is 4.09. The smallest absolute Gasteiger partial charge is 0.324 e. The molecule has 0 aliphatic heterocycles. The molecule has 0 aromatic carbocycles. The van der Waals surface area contributed by atoms with E-state index < -0.39 is 7.60 Å². The first-order chi connectivity index (χ1) is 7.05. The lowest BCUT2D eigenvalue weighted by Crippen LogP contribution is -2.08. The molecule has 1 N–H and O–H groups in total. The van der Waals surface area contributed by atoms with Crippen LogP contribution in [0.3, 0.4) is 0 Å². The minimum Gasteiger partial charge on any atom is -0.324 e. The van der Waals surface area contributed by atoms with E-state index in [0.29, 0.717) is 18.7 Å². The molecule has 3 nitrogen and oxygen atoms in total. The van der Waals surface area contributed by atoms with Crippen LogP contribution < -0.4 is 0 Å². The first-order valence-electron chi connectivity index (χ1n) is 6.02. The van der Waals surface area contributed by atoms with E-state index in [9.17, 15) is 9.46 Å². The number of hydrogen-bond donors (Lipinski definition) is 1. The highest BCUT2D eigenvalue weighted by Crippen LogP contribution is 2.45. The monoisotopic (exact) mass is 236 g/mol. The van der Waals surface area contributed by atoms with Gasteiger partial charge in [0.05, 0.1) is 12.8 Å². The van der Waals surface area contributed by atoms with E-state index in [1.165, 1.54) is 0 Å². The van der Waals surface area contributed by atoms with Crippen molar-refractivity contribution in [3.63, 3.8) is 0 Å². The van der Waals surface area contributed by atoms with Crippen LogP contribution in [0.25, 0.3) is 0 Å². The minimum absolute atomic E-state index is 0.323. The topological polar surface area (TPSA) is 46.5 Å². The molecule has 0 aromatic rings. The predicted octanol–water partition coefficient (Wildman–Crippen LogP) is 3.81. The summed E-state index contributed by atoms with van der Waals surface area (Å²) < 4.78 is 16.6. The van der Waals surface area contributed by atoms with Crippen molar-refractivity contribution < 1.29 is 14.0 Å². The molecule has 0 saturated heterocycles. The van der Waals surface area contributed by atoms with E-state index >= 15 is 0 Å².